The van der Waals surface area contributed by atoms with Gasteiger partial charge in [-0.3, -0.25) is 9.98 Å². The summed E-state index contributed by atoms with van der Waals surface area (Å²) in [5.41, 5.74) is 1.05. The van der Waals surface area contributed by atoms with Gasteiger partial charge in [-0.25, -0.2) is 0 Å². The molecule has 2 aromatic rings. The van der Waals surface area contributed by atoms with Gasteiger partial charge in [0.25, 0.3) is 0 Å². The fourth-order valence-corrected chi connectivity index (χ4v) is 3.24. The molecule has 8 N–H and O–H groups in total. The number of carbonyl (C=O) groups excluding carboxylic acids is 4. The molecule has 20 heteroatoms. The van der Waals surface area contributed by atoms with Gasteiger partial charge in [-0.2, -0.15) is 0 Å². The topological polar surface area (TPSA) is 344 Å². The number of aliphatic imine (C=N–C) groups is 2. The van der Waals surface area contributed by atoms with Crippen molar-refractivity contribution in [2.24, 2.45) is 9.98 Å². The van der Waals surface area contributed by atoms with Crippen LogP contribution in [-0.4, -0.2) is 110 Å². The van der Waals surface area contributed by atoms with Gasteiger partial charge in [0.15, 0.2) is 0 Å². The van der Waals surface area contributed by atoms with Crippen molar-refractivity contribution < 1.29 is 115 Å². The molecule has 0 aliphatic rings. The summed E-state index contributed by atoms with van der Waals surface area (Å²) < 4.78 is 0. The summed E-state index contributed by atoms with van der Waals surface area (Å²) in [7, 11) is 0. The van der Waals surface area contributed by atoms with E-state index in [2.05, 4.69) is 37.7 Å². The van der Waals surface area contributed by atoms with Crippen LogP contribution in [0.3, 0.4) is 0 Å². The minimum atomic E-state index is -2.19. The number of carboxylic acids is 4. The monoisotopic (exact) mass is 810 g/mol. The molecule has 2 aromatic carbocycles. The summed E-state index contributed by atoms with van der Waals surface area (Å²) in [5, 5.41) is 76.7. The molecule has 18 nitrogen and oxygen atoms in total. The number of carbonyl (C=O) groups is 4. The minimum Gasteiger partial charge on any atom is -0.872 e. The first-order valence-corrected chi connectivity index (χ1v) is 14.1. The first-order valence-electron chi connectivity index (χ1n) is 14.1. The molecule has 290 valence electrons. The van der Waals surface area contributed by atoms with Gasteiger partial charge in [0.1, 0.15) is 11.5 Å². The van der Waals surface area contributed by atoms with Crippen molar-refractivity contribution in [3.63, 3.8) is 0 Å². The average molecular weight is 812 g/mol. The van der Waals surface area contributed by atoms with E-state index in [0.717, 1.165) is 52.4 Å². The molecule has 0 saturated heterocycles. The van der Waals surface area contributed by atoms with Crippen LogP contribution in [0.25, 0.3) is 0 Å². The molecule has 0 aromatic heterocycles. The van der Waals surface area contributed by atoms with Crippen molar-refractivity contribution in [3.8, 4) is 23.0 Å². The maximum Gasteiger partial charge on any atom is 2.00 e. The minimum absolute atomic E-state index is 0. The summed E-state index contributed by atoms with van der Waals surface area (Å²) in [6.07, 6.45) is 3.18. The zero-order valence-corrected chi connectivity index (χ0v) is 29.6. The van der Waals surface area contributed by atoms with Crippen molar-refractivity contribution in [1.82, 2.24) is 0 Å². The van der Waals surface area contributed by atoms with E-state index in [1.54, 1.807) is 24.6 Å². The molecular weight excluding hydrogens is 767 g/mol. The van der Waals surface area contributed by atoms with Gasteiger partial charge in [0.2, 0.25) is 0 Å². The van der Waals surface area contributed by atoms with E-state index in [4.69, 9.17) is 49.8 Å². The van der Waals surface area contributed by atoms with Crippen molar-refractivity contribution in [2.45, 2.75) is 27.7 Å². The Labute approximate surface area is 311 Å². The molecule has 0 aliphatic carbocycles. The number of hydrogen-bond donors (Lipinski definition) is 4. The van der Waals surface area contributed by atoms with Crippen LogP contribution in [-0.2, 0) is 53.3 Å². The Morgan fingerprint density at radius 2 is 0.860 bits per heavy atom. The second-order valence-corrected chi connectivity index (χ2v) is 9.08. The number of rotatable bonds is 12. The number of likely N-dealkylation sites (N-methyl/N-ethyl adjacent to an activating group) is 2. The van der Waals surface area contributed by atoms with Gasteiger partial charge in [0.05, 0.1) is 76.2 Å². The Morgan fingerprint density at radius 1 is 0.600 bits per heavy atom. The number of nitrogens with one attached hydrogen (secondary N) is 2. The van der Waals surface area contributed by atoms with Crippen molar-refractivity contribution >= 4 is 36.3 Å². The second kappa shape index (κ2) is 34.6. The SMILES string of the molecule is CC[NH+](CC)CCN=Cc1ccc(O)cc1[O-].CC[NH+](CC)CCN=Cc1ccc(O)cc1[O-].O.O.O=C([O-])C(=O)[O-].O=C([O-])C(=O)[O-].[Cu+2].[Cu+2]. The zero-order chi connectivity index (χ0) is 35.7. The normalized spacial score (nSPS) is 9.56. The molecule has 2 radical (unpaired) electrons. The molecule has 0 heterocycles. The Hall–Kier alpha value is -4.26. The molecule has 50 heavy (non-hydrogen) atoms. The van der Waals surface area contributed by atoms with E-state index in [1.165, 1.54) is 34.1 Å². The Morgan fingerprint density at radius 3 is 1.06 bits per heavy atom. The number of benzene rings is 2. The molecule has 0 spiro atoms. The molecule has 0 aliphatic heterocycles. The van der Waals surface area contributed by atoms with E-state index in [1.807, 2.05) is 0 Å². The predicted octanol–water partition coefficient (Wildman–Crippen LogP) is -9.06. The molecule has 0 atom stereocenters. The fraction of sp³-hybridized carbons (Fsp3) is 0.400. The molecule has 0 bridgehead atoms. The molecule has 0 amide bonds. The van der Waals surface area contributed by atoms with Gasteiger partial charge < -0.3 is 80.8 Å². The molecule has 0 saturated carbocycles. The third-order valence-electron chi connectivity index (χ3n) is 5.98. The number of hydrogen-bond acceptors (Lipinski definition) is 14. The van der Waals surface area contributed by atoms with Gasteiger partial charge in [-0.05, 0) is 63.1 Å². The number of aromatic hydroxyl groups is 2. The van der Waals surface area contributed by atoms with E-state index >= 15 is 0 Å². The second-order valence-electron chi connectivity index (χ2n) is 9.08. The van der Waals surface area contributed by atoms with Crippen LogP contribution < -0.4 is 40.4 Å². The van der Waals surface area contributed by atoms with E-state index in [-0.39, 0.29) is 68.1 Å². The maximum absolute atomic E-state index is 11.4. The maximum atomic E-state index is 11.4. The summed E-state index contributed by atoms with van der Waals surface area (Å²) in [6, 6.07) is 8.58. The Kier molecular flexibility index (Phi) is 40.1. The van der Waals surface area contributed by atoms with Crippen molar-refractivity contribution in [3.05, 3.63) is 47.5 Å². The number of phenols is 2. The van der Waals surface area contributed by atoms with Crippen LogP contribution in [0.2, 0.25) is 0 Å². The van der Waals surface area contributed by atoms with Crippen LogP contribution >= 0.6 is 0 Å². The molecular formula is C30H44Cu2N4O14. The molecule has 2 rings (SSSR count). The van der Waals surface area contributed by atoms with Crippen LogP contribution in [0.4, 0.5) is 0 Å². The van der Waals surface area contributed by atoms with E-state index < -0.39 is 23.9 Å². The number of phenolic OH excluding ortho intramolecular Hbond substituents is 2. The zero-order valence-electron chi connectivity index (χ0n) is 27.8. The largest absolute Gasteiger partial charge is 2.00 e. The summed E-state index contributed by atoms with van der Waals surface area (Å²) in [5.74, 6) is -9.12. The Bertz CT molecular complexity index is 1170. The third-order valence-corrected chi connectivity index (χ3v) is 5.98. The first-order chi connectivity index (χ1) is 21.6. The first kappa shape index (κ1) is 58.0. The average Bonchev–Trinajstić information content (AvgIpc) is 3.00. The molecule has 0 fully saturated rings. The van der Waals surface area contributed by atoms with Gasteiger partial charge in [-0.1, -0.05) is 23.6 Å². The fourth-order valence-electron chi connectivity index (χ4n) is 3.24. The number of aliphatic carboxylic acids is 4. The summed E-state index contributed by atoms with van der Waals surface area (Å²) in [6.45, 7) is 16.4. The van der Waals surface area contributed by atoms with Crippen molar-refractivity contribution in [2.75, 3.05) is 52.4 Å². The van der Waals surface area contributed by atoms with Gasteiger partial charge in [-0.15, -0.1) is 0 Å². The van der Waals surface area contributed by atoms with Crippen molar-refractivity contribution in [1.29, 1.82) is 0 Å². The standard InChI is InChI=1S/2C13H20N2O2.2C2H2O4.2Cu.2H2O/c2*1-3-15(4-2)8-7-14-10-11-5-6-12(16)9-13(11)17;2*3-1(4)2(5)6;;;;/h2*5-6,9-10,16-17H,3-4,7-8H2,1-2H3;2*(H,3,4)(H,5,6);;;2*1H2/q;;;;2*+2;;/p-4. The van der Waals surface area contributed by atoms with Crippen LogP contribution in [0, 0.1) is 0 Å². The third kappa shape index (κ3) is 29.8. The van der Waals surface area contributed by atoms with E-state index in [9.17, 15) is 10.2 Å². The van der Waals surface area contributed by atoms with E-state index in [0.29, 0.717) is 11.1 Å². The van der Waals surface area contributed by atoms with Gasteiger partial charge in [0, 0.05) is 12.4 Å². The number of nitrogens with zero attached hydrogens (tertiary/aromatic N) is 2. The van der Waals surface area contributed by atoms with Gasteiger partial charge >= 0.3 is 34.1 Å². The quantitative estimate of drug-likeness (QED) is 0.0882. The number of carboxylic acid groups (broad SMARTS) is 4. The smallest absolute Gasteiger partial charge is 0.872 e. The van der Waals surface area contributed by atoms with Crippen LogP contribution in [0.1, 0.15) is 38.8 Å². The van der Waals surface area contributed by atoms with Crippen LogP contribution in [0.15, 0.2) is 46.4 Å². The summed E-state index contributed by atoms with van der Waals surface area (Å²) >= 11 is 0. The predicted molar refractivity (Wildman–Crippen MR) is 161 cm³/mol. The van der Waals surface area contributed by atoms with Crippen LogP contribution in [0.5, 0.6) is 23.0 Å². The molecule has 0 unspecified atom stereocenters. The Balaban J connectivity index is -0.000000138. The number of quaternary nitrogens is 2. The summed E-state index contributed by atoms with van der Waals surface area (Å²) in [4.78, 5) is 47.2.